The molecular weight excluding hydrogens is 414 g/mol. The summed E-state index contributed by atoms with van der Waals surface area (Å²) in [5.41, 5.74) is 0.986. The number of nitrogens with zero attached hydrogens (tertiary/aromatic N) is 4. The zero-order valence-corrected chi connectivity index (χ0v) is 18.1. The van der Waals surface area contributed by atoms with E-state index in [1.807, 2.05) is 6.07 Å². The summed E-state index contributed by atoms with van der Waals surface area (Å²) in [6, 6.07) is 12.0. The molecule has 31 heavy (non-hydrogen) atoms. The van der Waals surface area contributed by atoms with Crippen molar-refractivity contribution < 1.29 is 9.72 Å². The van der Waals surface area contributed by atoms with E-state index >= 15 is 0 Å². The number of nitro groups is 1. The van der Waals surface area contributed by atoms with Gasteiger partial charge in [-0.3, -0.25) is 19.8 Å². The molecule has 0 saturated carbocycles. The smallest absolute Gasteiger partial charge is 0.271 e. The summed E-state index contributed by atoms with van der Waals surface area (Å²) < 4.78 is 1.54. The third kappa shape index (κ3) is 5.00. The van der Waals surface area contributed by atoms with Crippen molar-refractivity contribution >= 4 is 22.9 Å². The Kier molecular flexibility index (Phi) is 6.43. The molecule has 0 aliphatic carbocycles. The van der Waals surface area contributed by atoms with E-state index in [9.17, 15) is 14.9 Å². The Hall–Kier alpha value is -3.04. The number of piperidine rings is 1. The number of nitro benzene ring substituents is 1. The van der Waals surface area contributed by atoms with Gasteiger partial charge in [-0.25, -0.2) is 4.68 Å². The molecule has 1 N–H and O–H groups in total. The van der Waals surface area contributed by atoms with Crippen molar-refractivity contribution in [3.8, 4) is 5.69 Å². The lowest BCUT2D eigenvalue weighted by Gasteiger charge is -2.36. The highest BCUT2D eigenvalue weighted by atomic mass is 32.1. The second-order valence-corrected chi connectivity index (χ2v) is 8.86. The average molecular weight is 440 g/mol. The number of likely N-dealkylation sites (tertiary alicyclic amines) is 1. The van der Waals surface area contributed by atoms with Crippen LogP contribution in [-0.4, -0.2) is 45.1 Å². The Balaban J connectivity index is 1.42. The summed E-state index contributed by atoms with van der Waals surface area (Å²) in [6.45, 7) is 4.89. The lowest BCUT2D eigenvalue weighted by atomic mass is 9.97. The van der Waals surface area contributed by atoms with E-state index in [4.69, 9.17) is 0 Å². The van der Waals surface area contributed by atoms with Crippen molar-refractivity contribution in [2.24, 2.45) is 5.92 Å². The number of amides is 1. The van der Waals surface area contributed by atoms with Crippen molar-refractivity contribution in [1.82, 2.24) is 20.0 Å². The van der Waals surface area contributed by atoms with Crippen LogP contribution in [0.1, 0.15) is 41.2 Å². The van der Waals surface area contributed by atoms with E-state index in [2.05, 4.69) is 33.7 Å². The normalized spacial score (nSPS) is 16.2. The molecule has 1 fully saturated rings. The van der Waals surface area contributed by atoms with Gasteiger partial charge in [0.15, 0.2) is 5.69 Å². The summed E-state index contributed by atoms with van der Waals surface area (Å²) in [5.74, 6) is 0.519. The molecule has 8 nitrogen and oxygen atoms in total. The van der Waals surface area contributed by atoms with Crippen LogP contribution in [0, 0.1) is 16.0 Å². The van der Waals surface area contributed by atoms with Gasteiger partial charge in [0.2, 0.25) is 0 Å². The third-order valence-electron chi connectivity index (χ3n) is 5.73. The fourth-order valence-corrected chi connectivity index (χ4v) is 4.69. The summed E-state index contributed by atoms with van der Waals surface area (Å²) in [4.78, 5) is 26.8. The molecule has 0 spiro atoms. The number of benzene rings is 1. The minimum atomic E-state index is -0.446. The summed E-state index contributed by atoms with van der Waals surface area (Å²) in [5, 5.41) is 20.3. The Morgan fingerprint density at radius 3 is 2.65 bits per heavy atom. The number of rotatable bonds is 7. The number of aromatic nitrogens is 2. The van der Waals surface area contributed by atoms with E-state index in [1.165, 1.54) is 29.9 Å². The fourth-order valence-electron chi connectivity index (χ4n) is 3.83. The highest BCUT2D eigenvalue weighted by Gasteiger charge is 2.26. The third-order valence-corrected chi connectivity index (χ3v) is 6.71. The first-order chi connectivity index (χ1) is 15.0. The monoisotopic (exact) mass is 439 g/mol. The number of non-ortho nitro benzene ring substituents is 1. The van der Waals surface area contributed by atoms with Crippen LogP contribution >= 0.6 is 11.3 Å². The highest BCUT2D eigenvalue weighted by Crippen LogP contribution is 2.29. The van der Waals surface area contributed by atoms with Gasteiger partial charge in [0.1, 0.15) is 0 Å². The first-order valence-corrected chi connectivity index (χ1v) is 11.3. The van der Waals surface area contributed by atoms with Gasteiger partial charge in [0.25, 0.3) is 11.6 Å². The van der Waals surface area contributed by atoms with Gasteiger partial charge in [0.05, 0.1) is 16.7 Å². The number of carbonyl (C=O) groups excluding carboxylic acids is 1. The zero-order valence-electron chi connectivity index (χ0n) is 17.3. The molecule has 1 aromatic carbocycles. The van der Waals surface area contributed by atoms with Gasteiger partial charge in [-0.15, -0.1) is 11.3 Å². The lowest BCUT2D eigenvalue weighted by molar-refractivity contribution is -0.384. The molecule has 3 aromatic rings. The van der Waals surface area contributed by atoms with Gasteiger partial charge in [-0.1, -0.05) is 13.0 Å². The topological polar surface area (TPSA) is 93.3 Å². The SMILES string of the molecule is CC1CCN(C(CNC(=O)c2ccn(-c3ccc([N+](=O)[O-])cc3)n2)c2cccs2)CC1. The second kappa shape index (κ2) is 9.40. The summed E-state index contributed by atoms with van der Waals surface area (Å²) in [6.07, 6.45) is 4.03. The van der Waals surface area contributed by atoms with E-state index in [-0.39, 0.29) is 17.6 Å². The van der Waals surface area contributed by atoms with Crippen LogP contribution in [0.5, 0.6) is 0 Å². The molecule has 4 rings (SSSR count). The van der Waals surface area contributed by atoms with Gasteiger partial charge in [0, 0.05) is 29.8 Å². The maximum absolute atomic E-state index is 12.8. The molecule has 9 heteroatoms. The molecule has 1 atom stereocenters. The standard InChI is InChI=1S/C22H25N5O3S/c1-16-8-11-25(12-9-16)20(21-3-2-14-31-21)15-23-22(28)19-10-13-26(24-19)17-4-6-18(7-5-17)27(29)30/h2-7,10,13-14,16,20H,8-9,11-12,15H2,1H3,(H,23,28). The number of hydrogen-bond acceptors (Lipinski definition) is 6. The molecule has 162 valence electrons. The van der Waals surface area contributed by atoms with E-state index in [0.29, 0.717) is 17.9 Å². The molecule has 1 amide bonds. The zero-order chi connectivity index (χ0) is 21.8. The average Bonchev–Trinajstić information content (AvgIpc) is 3.48. The molecule has 1 aliphatic heterocycles. The van der Waals surface area contributed by atoms with Crippen molar-refractivity contribution in [3.05, 3.63) is 74.7 Å². The quantitative estimate of drug-likeness (QED) is 0.443. The maximum atomic E-state index is 12.8. The van der Waals surface area contributed by atoms with Gasteiger partial charge < -0.3 is 5.32 Å². The van der Waals surface area contributed by atoms with Crippen LogP contribution < -0.4 is 5.32 Å². The van der Waals surface area contributed by atoms with Crippen molar-refractivity contribution in [2.75, 3.05) is 19.6 Å². The van der Waals surface area contributed by atoms with E-state index < -0.39 is 4.92 Å². The Morgan fingerprint density at radius 1 is 1.26 bits per heavy atom. The Labute approximate surface area is 184 Å². The molecule has 1 aliphatic rings. The Morgan fingerprint density at radius 2 is 2.00 bits per heavy atom. The molecule has 2 aromatic heterocycles. The number of nitrogens with one attached hydrogen (secondary N) is 1. The van der Waals surface area contributed by atoms with Crippen molar-refractivity contribution in [3.63, 3.8) is 0 Å². The van der Waals surface area contributed by atoms with E-state index in [0.717, 1.165) is 19.0 Å². The molecule has 1 saturated heterocycles. The molecular formula is C22H25N5O3S. The number of hydrogen-bond donors (Lipinski definition) is 1. The lowest BCUT2D eigenvalue weighted by Crippen LogP contribution is -2.41. The van der Waals surface area contributed by atoms with Crippen LogP contribution in [0.2, 0.25) is 0 Å². The first kappa shape index (κ1) is 21.2. The van der Waals surface area contributed by atoms with Crippen molar-refractivity contribution in [1.29, 1.82) is 0 Å². The summed E-state index contributed by atoms with van der Waals surface area (Å²) >= 11 is 1.72. The first-order valence-electron chi connectivity index (χ1n) is 10.4. The fraction of sp³-hybridized carbons (Fsp3) is 0.364. The van der Waals surface area contributed by atoms with Crippen LogP contribution in [0.15, 0.2) is 54.0 Å². The number of thiophene rings is 1. The van der Waals surface area contributed by atoms with Crippen LogP contribution in [0.3, 0.4) is 0 Å². The van der Waals surface area contributed by atoms with E-state index in [1.54, 1.807) is 40.4 Å². The molecule has 3 heterocycles. The van der Waals surface area contributed by atoms with Gasteiger partial charge in [-0.05, 0) is 61.5 Å². The summed E-state index contributed by atoms with van der Waals surface area (Å²) in [7, 11) is 0. The van der Waals surface area contributed by atoms with Crippen LogP contribution in [0.25, 0.3) is 5.69 Å². The van der Waals surface area contributed by atoms with Crippen LogP contribution in [0.4, 0.5) is 5.69 Å². The van der Waals surface area contributed by atoms with Gasteiger partial charge >= 0.3 is 0 Å². The second-order valence-electron chi connectivity index (χ2n) is 7.88. The predicted molar refractivity (Wildman–Crippen MR) is 120 cm³/mol. The Bertz CT molecular complexity index is 1020. The van der Waals surface area contributed by atoms with Gasteiger partial charge in [-0.2, -0.15) is 5.10 Å². The van der Waals surface area contributed by atoms with Crippen molar-refractivity contribution in [2.45, 2.75) is 25.8 Å². The number of carbonyl (C=O) groups is 1. The molecule has 0 bridgehead atoms. The molecule has 0 radical (unpaired) electrons. The molecule has 1 unspecified atom stereocenters. The predicted octanol–water partition coefficient (Wildman–Crippen LogP) is 4.05. The minimum absolute atomic E-state index is 0.0144. The highest BCUT2D eigenvalue weighted by molar-refractivity contribution is 7.10. The largest absolute Gasteiger partial charge is 0.349 e. The minimum Gasteiger partial charge on any atom is -0.349 e. The van der Waals surface area contributed by atoms with Crippen LogP contribution in [-0.2, 0) is 0 Å². The maximum Gasteiger partial charge on any atom is 0.271 e.